The van der Waals surface area contributed by atoms with E-state index in [2.05, 4.69) is 10.1 Å². The monoisotopic (exact) mass is 275 g/mol. The minimum Gasteiger partial charge on any atom is -0.480 e. The number of nitrogens with zero attached hydrogens (tertiary/aromatic N) is 3. The fraction of sp³-hybridized carbons (Fsp3) is 0.357. The van der Waals surface area contributed by atoms with Crippen molar-refractivity contribution in [1.82, 2.24) is 10.1 Å². The normalized spacial score (nSPS) is 10.4. The molecule has 0 bridgehead atoms. The Morgan fingerprint density at radius 1 is 1.35 bits per heavy atom. The molecule has 20 heavy (non-hydrogen) atoms. The Morgan fingerprint density at radius 3 is 2.75 bits per heavy atom. The summed E-state index contributed by atoms with van der Waals surface area (Å²) in [4.78, 5) is 16.9. The van der Waals surface area contributed by atoms with Crippen molar-refractivity contribution in [3.63, 3.8) is 0 Å². The summed E-state index contributed by atoms with van der Waals surface area (Å²) < 4.78 is 5.16. The summed E-state index contributed by atoms with van der Waals surface area (Å²) in [6, 6.07) is 9.31. The van der Waals surface area contributed by atoms with E-state index >= 15 is 0 Å². The number of aliphatic carboxylic acids is 1. The van der Waals surface area contributed by atoms with Crippen LogP contribution in [-0.4, -0.2) is 27.8 Å². The number of benzene rings is 1. The number of carbonyl (C=O) groups is 1. The first kappa shape index (κ1) is 14.0. The molecular formula is C14H17N3O3. The highest BCUT2D eigenvalue weighted by molar-refractivity contribution is 5.73. The first-order valence-electron chi connectivity index (χ1n) is 6.52. The molecule has 0 aliphatic carbocycles. The topological polar surface area (TPSA) is 79.5 Å². The molecule has 0 aliphatic rings. The van der Waals surface area contributed by atoms with E-state index in [0.717, 1.165) is 18.5 Å². The maximum absolute atomic E-state index is 11.0. The number of rotatable bonds is 7. The third kappa shape index (κ3) is 3.81. The number of carboxylic acids is 1. The number of hydrogen-bond acceptors (Lipinski definition) is 5. The SMILES string of the molecule is CCCc1noc(CN(CC(=O)O)c2ccccc2)n1. The Kier molecular flexibility index (Phi) is 4.70. The average Bonchev–Trinajstić information content (AvgIpc) is 2.86. The number of hydrogen-bond donors (Lipinski definition) is 1. The molecular weight excluding hydrogens is 258 g/mol. The zero-order chi connectivity index (χ0) is 14.4. The number of anilines is 1. The fourth-order valence-corrected chi connectivity index (χ4v) is 1.88. The molecule has 106 valence electrons. The molecule has 0 spiro atoms. The van der Waals surface area contributed by atoms with Crippen LogP contribution in [0.4, 0.5) is 5.69 Å². The third-order valence-corrected chi connectivity index (χ3v) is 2.76. The van der Waals surface area contributed by atoms with Gasteiger partial charge in [0.05, 0.1) is 6.54 Å². The zero-order valence-electron chi connectivity index (χ0n) is 11.3. The van der Waals surface area contributed by atoms with E-state index in [4.69, 9.17) is 9.63 Å². The second kappa shape index (κ2) is 6.70. The van der Waals surface area contributed by atoms with Crippen molar-refractivity contribution in [3.05, 3.63) is 42.0 Å². The summed E-state index contributed by atoms with van der Waals surface area (Å²) in [7, 11) is 0. The van der Waals surface area contributed by atoms with Crippen LogP contribution in [0.1, 0.15) is 25.1 Å². The smallest absolute Gasteiger partial charge is 0.323 e. The molecule has 6 nitrogen and oxygen atoms in total. The maximum atomic E-state index is 11.0. The van der Waals surface area contributed by atoms with Gasteiger partial charge in [-0.2, -0.15) is 4.98 Å². The molecule has 0 fully saturated rings. The van der Waals surface area contributed by atoms with Crippen LogP contribution in [0.15, 0.2) is 34.9 Å². The van der Waals surface area contributed by atoms with E-state index in [1.807, 2.05) is 37.3 Å². The van der Waals surface area contributed by atoms with Gasteiger partial charge in [-0.05, 0) is 18.6 Å². The molecule has 0 radical (unpaired) electrons. The van der Waals surface area contributed by atoms with Crippen LogP contribution in [0.5, 0.6) is 0 Å². The standard InChI is InChI=1S/C14H17N3O3/c1-2-6-12-15-13(20-16-12)9-17(10-14(18)19)11-7-4-3-5-8-11/h3-5,7-8H,2,6,9-10H2,1H3,(H,18,19). The Labute approximate surface area is 117 Å². The van der Waals surface area contributed by atoms with Crippen molar-refractivity contribution in [2.75, 3.05) is 11.4 Å². The quantitative estimate of drug-likeness (QED) is 0.833. The van der Waals surface area contributed by atoms with Gasteiger partial charge in [0.2, 0.25) is 5.89 Å². The largest absolute Gasteiger partial charge is 0.480 e. The summed E-state index contributed by atoms with van der Waals surface area (Å²) in [5, 5.41) is 12.9. The van der Waals surface area contributed by atoms with E-state index in [1.54, 1.807) is 4.90 Å². The van der Waals surface area contributed by atoms with Crippen molar-refractivity contribution in [3.8, 4) is 0 Å². The summed E-state index contributed by atoms with van der Waals surface area (Å²) in [5.74, 6) is 0.187. The van der Waals surface area contributed by atoms with Crippen molar-refractivity contribution >= 4 is 11.7 Å². The first-order valence-corrected chi connectivity index (χ1v) is 6.52. The second-order valence-corrected chi connectivity index (χ2v) is 4.44. The van der Waals surface area contributed by atoms with Gasteiger partial charge >= 0.3 is 5.97 Å². The summed E-state index contributed by atoms with van der Waals surface area (Å²) in [6.07, 6.45) is 1.70. The van der Waals surface area contributed by atoms with Crippen molar-refractivity contribution in [2.24, 2.45) is 0 Å². The second-order valence-electron chi connectivity index (χ2n) is 4.44. The van der Waals surface area contributed by atoms with Gasteiger partial charge in [-0.3, -0.25) is 4.79 Å². The molecule has 1 heterocycles. The van der Waals surface area contributed by atoms with Gasteiger partial charge in [-0.25, -0.2) is 0 Å². The highest BCUT2D eigenvalue weighted by Crippen LogP contribution is 2.16. The predicted octanol–water partition coefficient (Wildman–Crippen LogP) is 2.11. The molecule has 0 aliphatic heterocycles. The van der Waals surface area contributed by atoms with E-state index in [9.17, 15) is 4.79 Å². The Hall–Kier alpha value is -2.37. The summed E-state index contributed by atoms with van der Waals surface area (Å²) in [5.41, 5.74) is 0.810. The van der Waals surface area contributed by atoms with Crippen LogP contribution in [0, 0.1) is 0 Å². The van der Waals surface area contributed by atoms with Gasteiger partial charge in [0.25, 0.3) is 0 Å². The fourth-order valence-electron chi connectivity index (χ4n) is 1.88. The number of carboxylic acid groups (broad SMARTS) is 1. The van der Waals surface area contributed by atoms with Crippen LogP contribution in [0.3, 0.4) is 0 Å². The minimum atomic E-state index is -0.901. The lowest BCUT2D eigenvalue weighted by Gasteiger charge is -2.20. The lowest BCUT2D eigenvalue weighted by molar-refractivity contribution is -0.135. The van der Waals surface area contributed by atoms with Crippen LogP contribution in [0.2, 0.25) is 0 Å². The Balaban J connectivity index is 2.12. The first-order chi connectivity index (χ1) is 9.69. The lowest BCUT2D eigenvalue weighted by Crippen LogP contribution is -2.29. The molecule has 1 aromatic heterocycles. The summed E-state index contributed by atoms with van der Waals surface area (Å²) in [6.45, 7) is 2.21. The molecule has 1 N–H and O–H groups in total. The van der Waals surface area contributed by atoms with Gasteiger partial charge in [0.15, 0.2) is 5.82 Å². The number of aromatic nitrogens is 2. The van der Waals surface area contributed by atoms with E-state index in [1.165, 1.54) is 0 Å². The Morgan fingerprint density at radius 2 is 2.10 bits per heavy atom. The molecule has 0 saturated carbocycles. The predicted molar refractivity (Wildman–Crippen MR) is 73.4 cm³/mol. The van der Waals surface area contributed by atoms with Gasteiger partial charge in [-0.1, -0.05) is 30.3 Å². The third-order valence-electron chi connectivity index (χ3n) is 2.76. The van der Waals surface area contributed by atoms with Crippen molar-refractivity contribution in [1.29, 1.82) is 0 Å². The Bertz CT molecular complexity index is 554. The zero-order valence-corrected chi connectivity index (χ0v) is 11.3. The molecule has 1 aromatic carbocycles. The molecule has 2 aromatic rings. The van der Waals surface area contributed by atoms with Crippen molar-refractivity contribution < 1.29 is 14.4 Å². The molecule has 6 heteroatoms. The minimum absolute atomic E-state index is 0.116. The molecule has 0 saturated heterocycles. The number of aryl methyl sites for hydroxylation is 1. The number of para-hydroxylation sites is 1. The van der Waals surface area contributed by atoms with E-state index in [-0.39, 0.29) is 13.1 Å². The van der Waals surface area contributed by atoms with Gasteiger partial charge in [0, 0.05) is 12.1 Å². The molecule has 2 rings (SSSR count). The van der Waals surface area contributed by atoms with Crippen molar-refractivity contribution in [2.45, 2.75) is 26.3 Å². The van der Waals surface area contributed by atoms with Gasteiger partial charge < -0.3 is 14.5 Å². The maximum Gasteiger partial charge on any atom is 0.323 e. The van der Waals surface area contributed by atoms with Gasteiger partial charge in [-0.15, -0.1) is 0 Å². The highest BCUT2D eigenvalue weighted by Gasteiger charge is 2.15. The molecule has 0 unspecified atom stereocenters. The molecule has 0 amide bonds. The molecule has 0 atom stereocenters. The van der Waals surface area contributed by atoms with E-state index < -0.39 is 5.97 Å². The summed E-state index contributed by atoms with van der Waals surface area (Å²) >= 11 is 0. The van der Waals surface area contributed by atoms with Gasteiger partial charge in [0.1, 0.15) is 6.54 Å². The van der Waals surface area contributed by atoms with Crippen LogP contribution >= 0.6 is 0 Å². The lowest BCUT2D eigenvalue weighted by atomic mass is 10.3. The highest BCUT2D eigenvalue weighted by atomic mass is 16.5. The van der Waals surface area contributed by atoms with Crippen LogP contribution in [0.25, 0.3) is 0 Å². The van der Waals surface area contributed by atoms with Crippen LogP contribution in [-0.2, 0) is 17.8 Å². The average molecular weight is 275 g/mol. The van der Waals surface area contributed by atoms with E-state index in [0.29, 0.717) is 11.7 Å². The van der Waals surface area contributed by atoms with Crippen LogP contribution < -0.4 is 4.90 Å².